The van der Waals surface area contributed by atoms with Crippen LogP contribution >= 0.6 is 0 Å². The van der Waals surface area contributed by atoms with Gasteiger partial charge in [-0.2, -0.15) is 0 Å². The van der Waals surface area contributed by atoms with Crippen molar-refractivity contribution in [2.24, 2.45) is 5.92 Å². The summed E-state index contributed by atoms with van der Waals surface area (Å²) < 4.78 is 10.3. The number of ether oxygens (including phenoxy) is 2. The van der Waals surface area contributed by atoms with Crippen LogP contribution in [0.2, 0.25) is 0 Å². The van der Waals surface area contributed by atoms with E-state index >= 15 is 0 Å². The molecule has 0 aliphatic heterocycles. The van der Waals surface area contributed by atoms with Gasteiger partial charge in [0, 0.05) is 12.5 Å². The Kier molecular flexibility index (Phi) is 9.10. The minimum atomic E-state index is -0.406. The van der Waals surface area contributed by atoms with Crippen LogP contribution in [-0.2, 0) is 20.7 Å². The Bertz CT molecular complexity index is 452. The first-order chi connectivity index (χ1) is 9.90. The SMILES string of the molecule is CC.CC(=O)Oc1ccccc1CC(=O)OC(C)C(C)C. The van der Waals surface area contributed by atoms with Crippen LogP contribution in [0.15, 0.2) is 24.3 Å². The fraction of sp³-hybridized carbons (Fsp3) is 0.529. The highest BCUT2D eigenvalue weighted by Gasteiger charge is 2.15. The second-order valence-electron chi connectivity index (χ2n) is 4.82. The zero-order chi connectivity index (χ0) is 16.4. The van der Waals surface area contributed by atoms with Crippen molar-refractivity contribution in [2.45, 2.75) is 54.1 Å². The molecule has 4 heteroatoms. The summed E-state index contributed by atoms with van der Waals surface area (Å²) in [6.45, 7) is 11.2. The molecular weight excluding hydrogens is 268 g/mol. The fourth-order valence-corrected chi connectivity index (χ4v) is 1.44. The third-order valence-electron chi connectivity index (χ3n) is 2.82. The van der Waals surface area contributed by atoms with Crippen molar-refractivity contribution >= 4 is 11.9 Å². The molecule has 0 N–H and O–H groups in total. The second kappa shape index (κ2) is 9.97. The molecule has 0 fully saturated rings. The van der Waals surface area contributed by atoms with Gasteiger partial charge in [-0.3, -0.25) is 9.59 Å². The van der Waals surface area contributed by atoms with E-state index in [9.17, 15) is 9.59 Å². The molecule has 0 saturated carbocycles. The van der Waals surface area contributed by atoms with E-state index in [0.29, 0.717) is 11.3 Å². The van der Waals surface area contributed by atoms with Crippen LogP contribution in [0, 0.1) is 5.92 Å². The summed E-state index contributed by atoms with van der Waals surface area (Å²) in [4.78, 5) is 22.8. The van der Waals surface area contributed by atoms with Crippen molar-refractivity contribution < 1.29 is 19.1 Å². The van der Waals surface area contributed by atoms with Gasteiger partial charge in [-0.15, -0.1) is 0 Å². The summed E-state index contributed by atoms with van der Waals surface area (Å²) in [5.41, 5.74) is 0.652. The minimum absolute atomic E-state index is 0.0977. The number of carbonyl (C=O) groups excluding carboxylic acids is 2. The normalized spacial score (nSPS) is 11.2. The van der Waals surface area contributed by atoms with E-state index in [1.165, 1.54) is 6.92 Å². The van der Waals surface area contributed by atoms with Crippen molar-refractivity contribution in [1.82, 2.24) is 0 Å². The molecule has 0 radical (unpaired) electrons. The maximum absolute atomic E-state index is 11.8. The first kappa shape index (κ1) is 19.2. The number of para-hydroxylation sites is 1. The maximum atomic E-state index is 11.8. The first-order valence-electron chi connectivity index (χ1n) is 7.36. The lowest BCUT2D eigenvalue weighted by molar-refractivity contribution is -0.149. The third-order valence-corrected chi connectivity index (χ3v) is 2.82. The van der Waals surface area contributed by atoms with Crippen LogP contribution < -0.4 is 4.74 Å². The standard InChI is InChI=1S/C15H20O4.C2H6/c1-10(2)11(3)18-15(17)9-13-7-5-6-8-14(13)19-12(4)16;1-2/h5-8,10-11H,9H2,1-4H3;1-2H3. The van der Waals surface area contributed by atoms with Crippen LogP contribution in [0.1, 0.15) is 47.1 Å². The average Bonchev–Trinajstić information content (AvgIpc) is 2.42. The van der Waals surface area contributed by atoms with Crippen molar-refractivity contribution in [3.05, 3.63) is 29.8 Å². The Morgan fingerprint density at radius 1 is 1.10 bits per heavy atom. The van der Waals surface area contributed by atoms with Gasteiger partial charge in [-0.05, 0) is 18.9 Å². The number of hydrogen-bond donors (Lipinski definition) is 0. The third kappa shape index (κ3) is 7.49. The van der Waals surface area contributed by atoms with Crippen molar-refractivity contribution in [2.75, 3.05) is 0 Å². The average molecular weight is 294 g/mol. The van der Waals surface area contributed by atoms with E-state index < -0.39 is 5.97 Å². The molecule has 0 aromatic heterocycles. The molecule has 0 saturated heterocycles. The Morgan fingerprint density at radius 2 is 1.67 bits per heavy atom. The molecule has 1 atom stereocenters. The van der Waals surface area contributed by atoms with E-state index in [1.807, 2.05) is 34.6 Å². The molecule has 0 bridgehead atoms. The number of carbonyl (C=O) groups is 2. The van der Waals surface area contributed by atoms with E-state index in [2.05, 4.69) is 0 Å². The maximum Gasteiger partial charge on any atom is 0.310 e. The summed E-state index contributed by atoms with van der Waals surface area (Å²) in [6.07, 6.45) is -0.0334. The number of esters is 2. The lowest BCUT2D eigenvalue weighted by Gasteiger charge is -2.17. The molecule has 1 aromatic rings. The minimum Gasteiger partial charge on any atom is -0.462 e. The predicted octanol–water partition coefficient (Wildman–Crippen LogP) is 3.77. The van der Waals surface area contributed by atoms with Crippen LogP contribution in [-0.4, -0.2) is 18.0 Å². The summed E-state index contributed by atoms with van der Waals surface area (Å²) in [5.74, 6) is -0.0472. The topological polar surface area (TPSA) is 52.6 Å². The van der Waals surface area contributed by atoms with Gasteiger partial charge in [-0.1, -0.05) is 45.9 Å². The van der Waals surface area contributed by atoms with Gasteiger partial charge >= 0.3 is 11.9 Å². The molecule has 0 heterocycles. The number of hydrogen-bond acceptors (Lipinski definition) is 4. The molecule has 1 rings (SSSR count). The molecule has 118 valence electrons. The van der Waals surface area contributed by atoms with Gasteiger partial charge in [0.05, 0.1) is 6.42 Å². The Balaban J connectivity index is 0.00000191. The molecule has 21 heavy (non-hydrogen) atoms. The van der Waals surface area contributed by atoms with Crippen LogP contribution in [0.5, 0.6) is 5.75 Å². The Morgan fingerprint density at radius 3 is 2.19 bits per heavy atom. The molecule has 0 spiro atoms. The van der Waals surface area contributed by atoms with Crippen molar-refractivity contribution in [3.63, 3.8) is 0 Å². The van der Waals surface area contributed by atoms with Crippen molar-refractivity contribution in [1.29, 1.82) is 0 Å². The van der Waals surface area contributed by atoms with E-state index in [4.69, 9.17) is 9.47 Å². The lowest BCUT2D eigenvalue weighted by atomic mass is 10.1. The largest absolute Gasteiger partial charge is 0.462 e. The zero-order valence-electron chi connectivity index (χ0n) is 13.8. The van der Waals surface area contributed by atoms with Crippen LogP contribution in [0.3, 0.4) is 0 Å². The monoisotopic (exact) mass is 294 g/mol. The van der Waals surface area contributed by atoms with Gasteiger partial charge in [0.15, 0.2) is 0 Å². The quantitative estimate of drug-likeness (QED) is 0.613. The highest BCUT2D eigenvalue weighted by molar-refractivity contribution is 5.75. The molecular formula is C17H26O4. The molecule has 4 nitrogen and oxygen atoms in total. The van der Waals surface area contributed by atoms with Gasteiger partial charge < -0.3 is 9.47 Å². The summed E-state index contributed by atoms with van der Waals surface area (Å²) in [7, 11) is 0. The lowest BCUT2D eigenvalue weighted by Crippen LogP contribution is -2.21. The molecule has 1 unspecified atom stereocenters. The number of benzene rings is 1. The molecule has 0 aliphatic rings. The van der Waals surface area contributed by atoms with Crippen molar-refractivity contribution in [3.8, 4) is 5.75 Å². The highest BCUT2D eigenvalue weighted by Crippen LogP contribution is 2.19. The fourth-order valence-electron chi connectivity index (χ4n) is 1.44. The number of rotatable bonds is 5. The van der Waals surface area contributed by atoms with E-state index in [1.54, 1.807) is 24.3 Å². The van der Waals surface area contributed by atoms with Gasteiger partial charge in [0.1, 0.15) is 11.9 Å². The van der Waals surface area contributed by atoms with Gasteiger partial charge in [0.25, 0.3) is 0 Å². The smallest absolute Gasteiger partial charge is 0.310 e. The summed E-state index contributed by atoms with van der Waals surface area (Å²) in [6, 6.07) is 6.96. The van der Waals surface area contributed by atoms with E-state index in [-0.39, 0.29) is 24.4 Å². The van der Waals surface area contributed by atoms with Gasteiger partial charge in [0.2, 0.25) is 0 Å². The van der Waals surface area contributed by atoms with Crippen LogP contribution in [0.25, 0.3) is 0 Å². The zero-order valence-corrected chi connectivity index (χ0v) is 13.8. The van der Waals surface area contributed by atoms with E-state index in [0.717, 1.165) is 0 Å². The first-order valence-corrected chi connectivity index (χ1v) is 7.36. The Hall–Kier alpha value is -1.84. The summed E-state index contributed by atoms with van der Waals surface area (Å²) in [5, 5.41) is 0. The van der Waals surface area contributed by atoms with Crippen LogP contribution in [0.4, 0.5) is 0 Å². The molecule has 0 amide bonds. The summed E-state index contributed by atoms with van der Waals surface area (Å²) >= 11 is 0. The van der Waals surface area contributed by atoms with Gasteiger partial charge in [-0.25, -0.2) is 0 Å². The predicted molar refractivity (Wildman–Crippen MR) is 83.2 cm³/mol. The Labute approximate surface area is 127 Å². The molecule has 0 aliphatic carbocycles. The highest BCUT2D eigenvalue weighted by atomic mass is 16.5. The second-order valence-corrected chi connectivity index (χ2v) is 4.82. The molecule has 1 aromatic carbocycles.